The first-order chi connectivity index (χ1) is 8.99. The van der Waals surface area contributed by atoms with Gasteiger partial charge in [0.1, 0.15) is 5.82 Å². The smallest absolute Gasteiger partial charge is 0.303 e. The van der Waals surface area contributed by atoms with E-state index in [0.717, 1.165) is 0 Å². The fourth-order valence-corrected chi connectivity index (χ4v) is 1.80. The molecule has 1 unspecified atom stereocenters. The molecule has 0 aliphatic rings. The van der Waals surface area contributed by atoms with Crippen LogP contribution in [0.15, 0.2) is 24.3 Å². The Morgan fingerprint density at radius 1 is 1.32 bits per heavy atom. The van der Waals surface area contributed by atoms with Gasteiger partial charge in [0, 0.05) is 19.4 Å². The maximum absolute atomic E-state index is 13.3. The van der Waals surface area contributed by atoms with Crippen LogP contribution in [-0.4, -0.2) is 23.5 Å². The lowest BCUT2D eigenvalue weighted by Crippen LogP contribution is -2.27. The van der Waals surface area contributed by atoms with Crippen molar-refractivity contribution in [3.8, 4) is 0 Å². The lowest BCUT2D eigenvalue weighted by molar-refractivity contribution is -0.138. The minimum Gasteiger partial charge on any atom is -0.481 e. The summed E-state index contributed by atoms with van der Waals surface area (Å²) in [7, 11) is 0. The Labute approximate surface area is 111 Å². The third-order valence-electron chi connectivity index (χ3n) is 2.73. The Morgan fingerprint density at radius 3 is 2.63 bits per heavy atom. The third kappa shape index (κ3) is 5.99. The molecule has 0 saturated heterocycles. The lowest BCUT2D eigenvalue weighted by Gasteiger charge is -2.09. The predicted molar refractivity (Wildman–Crippen MR) is 69.1 cm³/mol. The molecule has 1 amide bonds. The molecule has 4 nitrogen and oxygen atoms in total. The molecule has 0 aliphatic heterocycles. The van der Waals surface area contributed by atoms with Gasteiger partial charge in [0.25, 0.3) is 0 Å². The Kier molecular flexibility index (Phi) is 5.99. The summed E-state index contributed by atoms with van der Waals surface area (Å²) >= 11 is 0. The second-order valence-corrected chi connectivity index (χ2v) is 4.60. The van der Waals surface area contributed by atoms with Crippen molar-refractivity contribution < 1.29 is 19.1 Å². The minimum atomic E-state index is -0.911. The third-order valence-corrected chi connectivity index (χ3v) is 2.73. The van der Waals surface area contributed by atoms with E-state index in [1.807, 2.05) is 0 Å². The highest BCUT2D eigenvalue weighted by Gasteiger charge is 2.12. The standard InChI is InChI=1S/C14H18FNO3/c1-10(9-14(18)19)8-13(17)16-7-6-11-4-2-3-5-12(11)15/h2-5,10H,6-9H2,1H3,(H,16,17)(H,18,19). The Hall–Kier alpha value is -1.91. The second kappa shape index (κ2) is 7.51. The van der Waals surface area contributed by atoms with Crippen molar-refractivity contribution in [1.82, 2.24) is 5.32 Å². The van der Waals surface area contributed by atoms with E-state index < -0.39 is 5.97 Å². The van der Waals surface area contributed by atoms with Crippen LogP contribution >= 0.6 is 0 Å². The summed E-state index contributed by atoms with van der Waals surface area (Å²) in [6.45, 7) is 2.06. The number of rotatable bonds is 7. The average molecular weight is 267 g/mol. The molecule has 1 atom stereocenters. The second-order valence-electron chi connectivity index (χ2n) is 4.60. The molecule has 0 radical (unpaired) electrons. The summed E-state index contributed by atoms with van der Waals surface area (Å²) in [4.78, 5) is 22.0. The first kappa shape index (κ1) is 15.1. The van der Waals surface area contributed by atoms with E-state index in [0.29, 0.717) is 18.5 Å². The van der Waals surface area contributed by atoms with Gasteiger partial charge in [-0.05, 0) is 24.0 Å². The van der Waals surface area contributed by atoms with Crippen LogP contribution in [0.1, 0.15) is 25.3 Å². The summed E-state index contributed by atoms with van der Waals surface area (Å²) < 4.78 is 13.3. The number of carboxylic acid groups (broad SMARTS) is 1. The van der Waals surface area contributed by atoms with E-state index >= 15 is 0 Å². The van der Waals surface area contributed by atoms with E-state index in [1.54, 1.807) is 25.1 Å². The highest BCUT2D eigenvalue weighted by atomic mass is 19.1. The zero-order valence-corrected chi connectivity index (χ0v) is 10.9. The summed E-state index contributed by atoms with van der Waals surface area (Å²) in [5.41, 5.74) is 0.557. The number of aliphatic carboxylic acids is 1. The molecular formula is C14H18FNO3. The fraction of sp³-hybridized carbons (Fsp3) is 0.429. The number of hydrogen-bond donors (Lipinski definition) is 2. The van der Waals surface area contributed by atoms with Crippen LogP contribution in [0, 0.1) is 11.7 Å². The number of amides is 1. The summed E-state index contributed by atoms with van der Waals surface area (Å²) in [6, 6.07) is 6.42. The molecular weight excluding hydrogens is 249 g/mol. The monoisotopic (exact) mass is 267 g/mol. The maximum Gasteiger partial charge on any atom is 0.303 e. The molecule has 1 aromatic carbocycles. The van der Waals surface area contributed by atoms with E-state index in [9.17, 15) is 14.0 Å². The van der Waals surface area contributed by atoms with Gasteiger partial charge in [-0.1, -0.05) is 25.1 Å². The highest BCUT2D eigenvalue weighted by Crippen LogP contribution is 2.08. The number of hydrogen-bond acceptors (Lipinski definition) is 2. The van der Waals surface area contributed by atoms with Crippen molar-refractivity contribution in [3.05, 3.63) is 35.6 Å². The molecule has 0 spiro atoms. The predicted octanol–water partition coefficient (Wildman–Crippen LogP) is 1.99. The molecule has 19 heavy (non-hydrogen) atoms. The topological polar surface area (TPSA) is 66.4 Å². The quantitative estimate of drug-likeness (QED) is 0.794. The van der Waals surface area contributed by atoms with Crippen LogP contribution in [0.4, 0.5) is 4.39 Å². The molecule has 0 bridgehead atoms. The van der Waals surface area contributed by atoms with Gasteiger partial charge in [-0.15, -0.1) is 0 Å². The molecule has 5 heteroatoms. The first-order valence-electron chi connectivity index (χ1n) is 6.21. The van der Waals surface area contributed by atoms with Gasteiger partial charge in [0.2, 0.25) is 5.91 Å². The van der Waals surface area contributed by atoms with Crippen LogP contribution in [0.3, 0.4) is 0 Å². The van der Waals surface area contributed by atoms with E-state index in [4.69, 9.17) is 5.11 Å². The number of benzene rings is 1. The molecule has 0 heterocycles. The van der Waals surface area contributed by atoms with E-state index in [2.05, 4.69) is 5.32 Å². The zero-order chi connectivity index (χ0) is 14.3. The molecule has 2 N–H and O–H groups in total. The average Bonchev–Trinajstić information content (AvgIpc) is 2.30. The number of carboxylic acids is 1. The molecule has 1 rings (SSSR count). The van der Waals surface area contributed by atoms with Gasteiger partial charge in [-0.3, -0.25) is 9.59 Å². The van der Waals surface area contributed by atoms with E-state index in [-0.39, 0.29) is 30.5 Å². The Bertz CT molecular complexity index is 448. The summed E-state index contributed by atoms with van der Waals surface area (Å²) in [5.74, 6) is -1.60. The van der Waals surface area contributed by atoms with Crippen molar-refractivity contribution in [3.63, 3.8) is 0 Å². The zero-order valence-electron chi connectivity index (χ0n) is 10.9. The van der Waals surface area contributed by atoms with Gasteiger partial charge in [-0.2, -0.15) is 0 Å². The molecule has 1 aromatic rings. The van der Waals surface area contributed by atoms with Crippen LogP contribution in [0.2, 0.25) is 0 Å². The minimum absolute atomic E-state index is 0.0271. The lowest BCUT2D eigenvalue weighted by atomic mass is 10.0. The highest BCUT2D eigenvalue weighted by molar-refractivity contribution is 5.77. The van der Waals surface area contributed by atoms with Gasteiger partial charge in [0.15, 0.2) is 0 Å². The molecule has 104 valence electrons. The van der Waals surface area contributed by atoms with Crippen LogP contribution in [0.5, 0.6) is 0 Å². The number of carbonyl (C=O) groups excluding carboxylic acids is 1. The van der Waals surface area contributed by atoms with Crippen LogP contribution < -0.4 is 5.32 Å². The van der Waals surface area contributed by atoms with Crippen molar-refractivity contribution in [2.45, 2.75) is 26.2 Å². The van der Waals surface area contributed by atoms with Crippen molar-refractivity contribution in [2.75, 3.05) is 6.54 Å². The van der Waals surface area contributed by atoms with Gasteiger partial charge in [-0.25, -0.2) is 4.39 Å². The molecule has 0 saturated carbocycles. The van der Waals surface area contributed by atoms with Gasteiger partial charge < -0.3 is 10.4 Å². The molecule has 0 aliphatic carbocycles. The number of halogens is 1. The van der Waals surface area contributed by atoms with Crippen LogP contribution in [0.25, 0.3) is 0 Å². The fourth-order valence-electron chi connectivity index (χ4n) is 1.80. The molecule has 0 fully saturated rings. The van der Waals surface area contributed by atoms with Crippen molar-refractivity contribution >= 4 is 11.9 Å². The van der Waals surface area contributed by atoms with Crippen LogP contribution in [-0.2, 0) is 16.0 Å². The Morgan fingerprint density at radius 2 is 2.00 bits per heavy atom. The number of nitrogens with one attached hydrogen (secondary N) is 1. The number of carbonyl (C=O) groups is 2. The van der Waals surface area contributed by atoms with Gasteiger partial charge >= 0.3 is 5.97 Å². The molecule has 0 aromatic heterocycles. The van der Waals surface area contributed by atoms with Gasteiger partial charge in [0.05, 0.1) is 0 Å². The Balaban J connectivity index is 2.28. The van der Waals surface area contributed by atoms with Crippen molar-refractivity contribution in [2.24, 2.45) is 5.92 Å². The SMILES string of the molecule is CC(CC(=O)O)CC(=O)NCCc1ccccc1F. The summed E-state index contributed by atoms with van der Waals surface area (Å²) in [5, 5.41) is 11.2. The maximum atomic E-state index is 13.3. The van der Waals surface area contributed by atoms with Crippen molar-refractivity contribution in [1.29, 1.82) is 0 Å². The van der Waals surface area contributed by atoms with E-state index in [1.165, 1.54) is 6.07 Å². The first-order valence-corrected chi connectivity index (χ1v) is 6.21. The summed E-state index contributed by atoms with van der Waals surface area (Å²) in [6.07, 6.45) is 0.566. The normalized spacial score (nSPS) is 11.9. The largest absolute Gasteiger partial charge is 0.481 e.